The molecular formula is C19H10BrF3N4O7. The molecule has 1 aromatic heterocycles. The summed E-state index contributed by atoms with van der Waals surface area (Å²) in [6.45, 7) is 0. The average Bonchev–Trinajstić information content (AvgIpc) is 2.72. The summed E-state index contributed by atoms with van der Waals surface area (Å²) < 4.78 is 44.8. The smallest absolute Gasteiger partial charge is 0.416 e. The van der Waals surface area contributed by atoms with Crippen LogP contribution in [0.25, 0.3) is 12.2 Å². The van der Waals surface area contributed by atoms with E-state index in [1.165, 1.54) is 24.3 Å². The van der Waals surface area contributed by atoms with Crippen molar-refractivity contribution in [2.45, 2.75) is 6.18 Å². The fraction of sp³-hybridized carbons (Fsp3) is 0.0526. The fourth-order valence-corrected chi connectivity index (χ4v) is 3.05. The van der Waals surface area contributed by atoms with E-state index in [0.29, 0.717) is 16.6 Å². The van der Waals surface area contributed by atoms with Gasteiger partial charge in [0.05, 0.1) is 15.4 Å². The summed E-state index contributed by atoms with van der Waals surface area (Å²) in [6.07, 6.45) is -2.35. The monoisotopic (exact) mass is 542 g/mol. The topological polar surface area (TPSA) is 161 Å². The maximum atomic E-state index is 12.9. The second kappa shape index (κ2) is 9.30. The number of hydrogen-bond acceptors (Lipinski definition) is 8. The van der Waals surface area contributed by atoms with E-state index in [1.54, 1.807) is 0 Å². The van der Waals surface area contributed by atoms with Crippen LogP contribution in [0.15, 0.2) is 45.7 Å². The van der Waals surface area contributed by atoms with Crippen LogP contribution in [0.1, 0.15) is 17.0 Å². The number of nitro groups is 2. The highest BCUT2D eigenvalue weighted by atomic mass is 79.9. The van der Waals surface area contributed by atoms with Crippen molar-refractivity contribution in [2.24, 2.45) is 0 Å². The molecule has 0 saturated carbocycles. The third-order valence-corrected chi connectivity index (χ3v) is 4.67. The number of halogens is 4. The van der Waals surface area contributed by atoms with Gasteiger partial charge in [0.2, 0.25) is 5.75 Å². The van der Waals surface area contributed by atoms with Gasteiger partial charge in [0.15, 0.2) is 0 Å². The van der Waals surface area contributed by atoms with E-state index in [-0.39, 0.29) is 17.1 Å². The average molecular weight is 543 g/mol. The number of aromatic amines is 1. The van der Waals surface area contributed by atoms with E-state index in [1.807, 2.05) is 0 Å². The van der Waals surface area contributed by atoms with Gasteiger partial charge in [-0.15, -0.1) is 0 Å². The number of nitrogens with one attached hydrogen (secondary N) is 1. The molecule has 176 valence electrons. The molecule has 0 radical (unpaired) electrons. The van der Waals surface area contributed by atoms with Crippen LogP contribution in [0.2, 0.25) is 0 Å². The Kier molecular flexibility index (Phi) is 6.67. The van der Waals surface area contributed by atoms with Crippen molar-refractivity contribution in [3.8, 4) is 17.4 Å². The van der Waals surface area contributed by atoms with Crippen molar-refractivity contribution in [1.82, 2.24) is 9.97 Å². The number of rotatable bonds is 6. The standard InChI is InChI=1S/C19H10BrF3N4O7/c20-11-3-5-13(34-14-4-2-10(19(21,22)23)8-12(14)26(30)31)9(7-11)1-6-15-24-17(28)16(27(32)33)18(29)25-15/h1-8H,(H2,24,25,28,29)/b6-1-. The first-order chi connectivity index (χ1) is 15.9. The third kappa shape index (κ3) is 5.37. The van der Waals surface area contributed by atoms with Crippen LogP contribution in [0.5, 0.6) is 17.4 Å². The molecule has 11 nitrogen and oxygen atoms in total. The van der Waals surface area contributed by atoms with Gasteiger partial charge in [0, 0.05) is 16.1 Å². The third-order valence-electron chi connectivity index (χ3n) is 4.17. The Labute approximate surface area is 194 Å². The van der Waals surface area contributed by atoms with Gasteiger partial charge in [-0.25, -0.2) is 0 Å². The predicted octanol–water partition coefficient (Wildman–Crippen LogP) is 5.04. The van der Waals surface area contributed by atoms with Crippen molar-refractivity contribution >= 4 is 39.5 Å². The fourth-order valence-electron chi connectivity index (χ4n) is 2.67. The number of aromatic nitrogens is 2. The highest BCUT2D eigenvalue weighted by molar-refractivity contribution is 9.10. The molecule has 15 heteroatoms. The van der Waals surface area contributed by atoms with Gasteiger partial charge in [-0.05, 0) is 42.5 Å². The van der Waals surface area contributed by atoms with E-state index < -0.39 is 50.1 Å². The van der Waals surface area contributed by atoms with Crippen LogP contribution in [-0.4, -0.2) is 24.9 Å². The Morgan fingerprint density at radius 2 is 1.74 bits per heavy atom. The number of aromatic hydroxyl groups is 1. The molecule has 2 N–H and O–H groups in total. The molecule has 0 unspecified atom stereocenters. The normalized spacial score (nSPS) is 11.5. The zero-order valence-electron chi connectivity index (χ0n) is 16.4. The number of hydrogen-bond donors (Lipinski definition) is 2. The Morgan fingerprint density at radius 3 is 2.32 bits per heavy atom. The molecule has 0 amide bonds. The molecule has 0 spiro atoms. The lowest BCUT2D eigenvalue weighted by molar-refractivity contribution is -0.387. The molecule has 3 aromatic rings. The molecule has 0 saturated heterocycles. The highest BCUT2D eigenvalue weighted by Gasteiger charge is 2.33. The molecule has 0 aliphatic rings. The van der Waals surface area contributed by atoms with Gasteiger partial charge in [0.1, 0.15) is 11.6 Å². The second-order valence-electron chi connectivity index (χ2n) is 6.44. The largest absolute Gasteiger partial charge is 0.488 e. The molecule has 0 fully saturated rings. The van der Waals surface area contributed by atoms with Crippen LogP contribution in [0.4, 0.5) is 24.5 Å². The van der Waals surface area contributed by atoms with E-state index in [0.717, 1.165) is 12.1 Å². The van der Waals surface area contributed by atoms with Gasteiger partial charge in [0.25, 0.3) is 5.88 Å². The number of H-pyrrole nitrogens is 1. The summed E-state index contributed by atoms with van der Waals surface area (Å²) in [5.41, 5.74) is -4.26. The SMILES string of the molecule is O=c1[nH]c(/C=C\c2cc(Br)ccc2Oc2ccc(C(F)(F)F)cc2[N+](=O)[O-])nc(O)c1[N+](=O)[O-]. The van der Waals surface area contributed by atoms with E-state index in [4.69, 9.17) is 4.74 Å². The van der Waals surface area contributed by atoms with Gasteiger partial charge >= 0.3 is 23.1 Å². The molecular weight excluding hydrogens is 533 g/mol. The van der Waals surface area contributed by atoms with Gasteiger partial charge in [-0.3, -0.25) is 25.0 Å². The Morgan fingerprint density at radius 1 is 1.06 bits per heavy atom. The van der Waals surface area contributed by atoms with Crippen LogP contribution in [0.3, 0.4) is 0 Å². The lowest BCUT2D eigenvalue weighted by Crippen LogP contribution is -2.14. The van der Waals surface area contributed by atoms with Crippen LogP contribution >= 0.6 is 15.9 Å². The lowest BCUT2D eigenvalue weighted by Gasteiger charge is -2.12. The van der Waals surface area contributed by atoms with Crippen LogP contribution < -0.4 is 10.3 Å². The molecule has 0 atom stereocenters. The second-order valence-corrected chi connectivity index (χ2v) is 7.35. The van der Waals surface area contributed by atoms with Gasteiger partial charge in [-0.2, -0.15) is 18.2 Å². The molecule has 1 heterocycles. The summed E-state index contributed by atoms with van der Waals surface area (Å²) >= 11 is 3.21. The van der Waals surface area contributed by atoms with E-state index >= 15 is 0 Å². The number of benzene rings is 2. The molecule has 2 aromatic carbocycles. The zero-order valence-corrected chi connectivity index (χ0v) is 18.0. The molecule has 3 rings (SSSR count). The molecule has 34 heavy (non-hydrogen) atoms. The van der Waals surface area contributed by atoms with Gasteiger partial charge in [-0.1, -0.05) is 15.9 Å². The molecule has 0 aliphatic carbocycles. The Hall–Kier alpha value is -4.27. The quantitative estimate of drug-likeness (QED) is 0.323. The summed E-state index contributed by atoms with van der Waals surface area (Å²) in [7, 11) is 0. The first-order valence-corrected chi connectivity index (χ1v) is 9.65. The number of alkyl halides is 3. The summed E-state index contributed by atoms with van der Waals surface area (Å²) in [6, 6.07) is 6.13. The van der Waals surface area contributed by atoms with E-state index in [2.05, 4.69) is 25.9 Å². The lowest BCUT2D eigenvalue weighted by atomic mass is 10.1. The minimum Gasteiger partial charge on any atom is -0.488 e. The van der Waals surface area contributed by atoms with E-state index in [9.17, 15) is 43.3 Å². The van der Waals surface area contributed by atoms with Crippen LogP contribution in [-0.2, 0) is 6.18 Å². The summed E-state index contributed by atoms with van der Waals surface area (Å²) in [4.78, 5) is 37.3. The van der Waals surface area contributed by atoms with Crippen molar-refractivity contribution in [2.75, 3.05) is 0 Å². The Bertz CT molecular complexity index is 1390. The van der Waals surface area contributed by atoms with Crippen molar-refractivity contribution in [3.63, 3.8) is 0 Å². The van der Waals surface area contributed by atoms with Crippen LogP contribution in [0, 0.1) is 20.2 Å². The zero-order chi connectivity index (χ0) is 25.2. The van der Waals surface area contributed by atoms with Gasteiger partial charge < -0.3 is 14.8 Å². The number of ether oxygens (including phenoxy) is 1. The maximum Gasteiger partial charge on any atom is 0.416 e. The Balaban J connectivity index is 2.01. The summed E-state index contributed by atoms with van der Waals surface area (Å²) in [5.74, 6) is -1.86. The first kappa shape index (κ1) is 24.4. The first-order valence-electron chi connectivity index (χ1n) is 8.85. The molecule has 0 aliphatic heterocycles. The summed E-state index contributed by atoms with van der Waals surface area (Å²) in [5, 5.41) is 31.7. The molecule has 0 bridgehead atoms. The number of nitrogens with zero attached hydrogens (tertiary/aromatic N) is 3. The maximum absolute atomic E-state index is 12.9. The van der Waals surface area contributed by atoms with Crippen molar-refractivity contribution in [1.29, 1.82) is 0 Å². The predicted molar refractivity (Wildman–Crippen MR) is 114 cm³/mol. The van der Waals surface area contributed by atoms with Crippen molar-refractivity contribution in [3.05, 3.63) is 88.4 Å². The minimum atomic E-state index is -4.80. The number of nitro benzene ring substituents is 1. The van der Waals surface area contributed by atoms with Crippen molar-refractivity contribution < 1.29 is 32.9 Å². The minimum absolute atomic E-state index is 0.0178. The highest BCUT2D eigenvalue weighted by Crippen LogP contribution is 2.39.